The number of hydrogen-bond donors (Lipinski definition) is 0. The SMILES string of the molecule is CC1(C)OC(=O)C(=Cc2ccc(N(CCCl)CCCl)cc2)C(=O)O1. The number of carbonyl (C=O) groups excluding carboxylic acids is 2. The number of nitrogens with zero attached hydrogens (tertiary/aromatic N) is 1. The molecule has 24 heavy (non-hydrogen) atoms. The largest absolute Gasteiger partial charge is 0.419 e. The van der Waals surface area contributed by atoms with Gasteiger partial charge in [0.25, 0.3) is 5.79 Å². The van der Waals surface area contributed by atoms with Crippen LogP contribution in [0.5, 0.6) is 0 Å². The Morgan fingerprint density at radius 3 is 1.96 bits per heavy atom. The fourth-order valence-corrected chi connectivity index (χ4v) is 2.71. The maximum absolute atomic E-state index is 11.9. The Bertz CT molecular complexity index is 612. The van der Waals surface area contributed by atoms with Gasteiger partial charge in [0.15, 0.2) is 0 Å². The minimum atomic E-state index is -1.24. The maximum Gasteiger partial charge on any atom is 0.348 e. The van der Waals surface area contributed by atoms with Gasteiger partial charge >= 0.3 is 11.9 Å². The summed E-state index contributed by atoms with van der Waals surface area (Å²) in [6.07, 6.45) is 1.46. The number of esters is 2. The molecule has 0 spiro atoms. The van der Waals surface area contributed by atoms with Crippen LogP contribution in [0.25, 0.3) is 6.08 Å². The summed E-state index contributed by atoms with van der Waals surface area (Å²) in [5.74, 6) is -1.62. The molecular weight excluding hydrogens is 353 g/mol. The number of ether oxygens (including phenoxy) is 2. The Hall–Kier alpha value is -1.72. The quantitative estimate of drug-likeness (QED) is 0.332. The van der Waals surface area contributed by atoms with Crippen molar-refractivity contribution < 1.29 is 19.1 Å². The minimum absolute atomic E-state index is 0.125. The zero-order chi connectivity index (χ0) is 17.7. The molecule has 0 atom stereocenters. The molecule has 0 amide bonds. The third-order valence-corrected chi connectivity index (χ3v) is 3.73. The van der Waals surface area contributed by atoms with Gasteiger partial charge in [0.2, 0.25) is 0 Å². The van der Waals surface area contributed by atoms with Crippen LogP contribution in [0.3, 0.4) is 0 Å². The second kappa shape index (κ2) is 7.90. The third kappa shape index (κ3) is 4.65. The van der Waals surface area contributed by atoms with E-state index in [1.807, 2.05) is 12.1 Å². The lowest BCUT2D eigenvalue weighted by Gasteiger charge is -2.29. The van der Waals surface area contributed by atoms with Crippen molar-refractivity contribution in [2.45, 2.75) is 19.6 Å². The fraction of sp³-hybridized carbons (Fsp3) is 0.412. The number of carbonyl (C=O) groups is 2. The zero-order valence-electron chi connectivity index (χ0n) is 13.6. The average Bonchev–Trinajstić information content (AvgIpc) is 2.50. The second-order valence-corrected chi connectivity index (χ2v) is 6.45. The average molecular weight is 372 g/mol. The van der Waals surface area contributed by atoms with E-state index >= 15 is 0 Å². The molecule has 5 nitrogen and oxygen atoms in total. The van der Waals surface area contributed by atoms with Gasteiger partial charge < -0.3 is 14.4 Å². The Morgan fingerprint density at radius 1 is 1.00 bits per heavy atom. The molecular formula is C17H19Cl2NO4. The monoisotopic (exact) mass is 371 g/mol. The van der Waals surface area contributed by atoms with E-state index in [-0.39, 0.29) is 5.57 Å². The highest BCUT2D eigenvalue weighted by atomic mass is 35.5. The predicted molar refractivity (Wildman–Crippen MR) is 94.3 cm³/mol. The molecule has 0 radical (unpaired) electrons. The van der Waals surface area contributed by atoms with Crippen LogP contribution in [0.15, 0.2) is 29.8 Å². The van der Waals surface area contributed by atoms with Crippen molar-refractivity contribution in [2.24, 2.45) is 0 Å². The summed E-state index contributed by atoms with van der Waals surface area (Å²) in [6, 6.07) is 7.38. The molecule has 1 aromatic carbocycles. The first kappa shape index (κ1) is 18.6. The molecule has 1 heterocycles. The molecule has 0 bridgehead atoms. The Labute approximate surface area is 151 Å². The van der Waals surface area contributed by atoms with Crippen LogP contribution >= 0.6 is 23.2 Å². The number of cyclic esters (lactones) is 2. The molecule has 7 heteroatoms. The number of benzene rings is 1. The van der Waals surface area contributed by atoms with Gasteiger partial charge in [-0.2, -0.15) is 0 Å². The van der Waals surface area contributed by atoms with Crippen LogP contribution in [0.4, 0.5) is 5.69 Å². The summed E-state index contributed by atoms with van der Waals surface area (Å²) in [5.41, 5.74) is 1.54. The summed E-state index contributed by atoms with van der Waals surface area (Å²) in [7, 11) is 0. The van der Waals surface area contributed by atoms with Gasteiger partial charge in [-0.05, 0) is 23.8 Å². The Morgan fingerprint density at radius 2 is 1.50 bits per heavy atom. The van der Waals surface area contributed by atoms with Crippen molar-refractivity contribution in [3.05, 3.63) is 35.4 Å². The first-order valence-corrected chi connectivity index (χ1v) is 8.58. The molecule has 1 aliphatic heterocycles. The number of alkyl halides is 2. The minimum Gasteiger partial charge on any atom is -0.419 e. The summed E-state index contributed by atoms with van der Waals surface area (Å²) in [6.45, 7) is 4.39. The number of anilines is 1. The lowest BCUT2D eigenvalue weighted by molar-refractivity contribution is -0.222. The molecule has 1 saturated heterocycles. The predicted octanol–water partition coefficient (Wildman–Crippen LogP) is 3.19. The molecule has 1 aliphatic rings. The molecule has 1 aromatic rings. The van der Waals surface area contributed by atoms with Crippen LogP contribution in [-0.2, 0) is 19.1 Å². The van der Waals surface area contributed by atoms with Crippen LogP contribution in [0.1, 0.15) is 19.4 Å². The fourth-order valence-electron chi connectivity index (χ4n) is 2.30. The van der Waals surface area contributed by atoms with E-state index in [0.717, 1.165) is 5.69 Å². The molecule has 0 saturated carbocycles. The van der Waals surface area contributed by atoms with E-state index in [2.05, 4.69) is 4.90 Å². The first-order chi connectivity index (χ1) is 11.4. The maximum atomic E-state index is 11.9. The van der Waals surface area contributed by atoms with E-state index in [1.165, 1.54) is 19.9 Å². The molecule has 0 aromatic heterocycles. The molecule has 0 unspecified atom stereocenters. The highest BCUT2D eigenvalue weighted by Crippen LogP contribution is 2.25. The van der Waals surface area contributed by atoms with Gasteiger partial charge in [-0.3, -0.25) is 0 Å². The van der Waals surface area contributed by atoms with Crippen molar-refractivity contribution >= 4 is 46.9 Å². The van der Waals surface area contributed by atoms with Gasteiger partial charge in [0.1, 0.15) is 5.57 Å². The van der Waals surface area contributed by atoms with Crippen LogP contribution in [0.2, 0.25) is 0 Å². The van der Waals surface area contributed by atoms with Gasteiger partial charge in [0.05, 0.1) is 0 Å². The van der Waals surface area contributed by atoms with Gasteiger partial charge in [-0.15, -0.1) is 23.2 Å². The molecule has 130 valence electrons. The van der Waals surface area contributed by atoms with Crippen molar-refractivity contribution in [1.82, 2.24) is 0 Å². The summed E-state index contributed by atoms with van der Waals surface area (Å²) >= 11 is 11.6. The smallest absolute Gasteiger partial charge is 0.348 e. The van der Waals surface area contributed by atoms with E-state index < -0.39 is 17.7 Å². The number of halogens is 2. The van der Waals surface area contributed by atoms with Crippen molar-refractivity contribution in [3.63, 3.8) is 0 Å². The molecule has 2 rings (SSSR count). The van der Waals surface area contributed by atoms with Crippen molar-refractivity contribution in [2.75, 3.05) is 29.7 Å². The lowest BCUT2D eigenvalue weighted by atomic mass is 10.1. The Balaban J connectivity index is 2.19. The molecule has 1 fully saturated rings. The third-order valence-electron chi connectivity index (χ3n) is 3.39. The standard InChI is InChI=1S/C17H19Cl2NO4/c1-17(2)23-15(21)14(16(22)24-17)11-12-3-5-13(6-4-12)20(9-7-18)10-8-19/h3-6,11H,7-10H2,1-2H3. The van der Waals surface area contributed by atoms with Gasteiger partial charge in [-0.1, -0.05) is 12.1 Å². The van der Waals surface area contributed by atoms with Gasteiger partial charge in [-0.25, -0.2) is 9.59 Å². The molecule has 0 aliphatic carbocycles. The summed E-state index contributed by atoms with van der Waals surface area (Å²) in [4.78, 5) is 25.9. The topological polar surface area (TPSA) is 55.8 Å². The molecule has 0 N–H and O–H groups in total. The summed E-state index contributed by atoms with van der Waals surface area (Å²) in [5, 5.41) is 0. The highest BCUT2D eigenvalue weighted by Gasteiger charge is 2.38. The highest BCUT2D eigenvalue weighted by molar-refractivity contribution is 6.19. The second-order valence-electron chi connectivity index (χ2n) is 5.69. The normalized spacial score (nSPS) is 16.4. The van der Waals surface area contributed by atoms with Crippen molar-refractivity contribution in [3.8, 4) is 0 Å². The van der Waals surface area contributed by atoms with Crippen LogP contribution < -0.4 is 4.90 Å². The first-order valence-electron chi connectivity index (χ1n) is 7.51. The lowest BCUT2D eigenvalue weighted by Crippen LogP contribution is -2.41. The van der Waals surface area contributed by atoms with E-state index in [4.69, 9.17) is 32.7 Å². The van der Waals surface area contributed by atoms with E-state index in [9.17, 15) is 9.59 Å². The van der Waals surface area contributed by atoms with Gasteiger partial charge in [0, 0.05) is 44.4 Å². The van der Waals surface area contributed by atoms with E-state index in [1.54, 1.807) is 12.1 Å². The van der Waals surface area contributed by atoms with E-state index in [0.29, 0.717) is 30.4 Å². The number of hydrogen-bond acceptors (Lipinski definition) is 5. The van der Waals surface area contributed by atoms with Crippen LogP contribution in [0, 0.1) is 0 Å². The Kier molecular flexibility index (Phi) is 6.13. The number of rotatable bonds is 6. The van der Waals surface area contributed by atoms with Crippen molar-refractivity contribution in [1.29, 1.82) is 0 Å². The zero-order valence-corrected chi connectivity index (χ0v) is 15.1. The van der Waals surface area contributed by atoms with Crippen LogP contribution in [-0.4, -0.2) is 42.6 Å². The summed E-state index contributed by atoms with van der Waals surface area (Å²) < 4.78 is 10.1.